The maximum atomic E-state index is 12.4. The normalized spacial score (nSPS) is 20.1. The molecule has 0 aromatic heterocycles. The summed E-state index contributed by atoms with van der Waals surface area (Å²) >= 11 is 0. The molecule has 0 amide bonds. The minimum absolute atomic E-state index is 0.0427. The molecule has 1 aliphatic carbocycles. The molecular formula is C34H64O4. The summed E-state index contributed by atoms with van der Waals surface area (Å²) in [5, 5.41) is 0. The molecule has 0 aliphatic heterocycles. The highest BCUT2D eigenvalue weighted by atomic mass is 16.5. The molecule has 1 saturated carbocycles. The Balaban J connectivity index is 2.01. The molecule has 1 rings (SSSR count). The zero-order valence-electron chi connectivity index (χ0n) is 26.7. The van der Waals surface area contributed by atoms with Gasteiger partial charge in [0.1, 0.15) is 0 Å². The minimum Gasteiger partial charge on any atom is -0.465 e. The van der Waals surface area contributed by atoms with Crippen LogP contribution in [0.2, 0.25) is 0 Å². The highest BCUT2D eigenvalue weighted by molar-refractivity contribution is 5.75. The second kappa shape index (κ2) is 18.3. The molecule has 0 aromatic carbocycles. The SMILES string of the molecule is CC(CCCCCCCOC(=O)C1CCC(C(=O)OCCCCCCCC(C)C(C)(C)C)CC1)C(C)(C)C. The summed E-state index contributed by atoms with van der Waals surface area (Å²) in [5.74, 6) is 1.30. The van der Waals surface area contributed by atoms with Gasteiger partial charge in [0.05, 0.1) is 25.0 Å². The zero-order chi connectivity index (χ0) is 28.6. The summed E-state index contributed by atoms with van der Waals surface area (Å²) in [6.07, 6.45) is 17.3. The van der Waals surface area contributed by atoms with Crippen molar-refractivity contribution in [2.24, 2.45) is 34.5 Å². The molecule has 0 N–H and O–H groups in total. The number of rotatable bonds is 18. The minimum atomic E-state index is -0.0623. The van der Waals surface area contributed by atoms with E-state index in [1.54, 1.807) is 0 Å². The molecule has 38 heavy (non-hydrogen) atoms. The van der Waals surface area contributed by atoms with Crippen LogP contribution in [0.1, 0.15) is 158 Å². The van der Waals surface area contributed by atoms with Crippen molar-refractivity contribution >= 4 is 11.9 Å². The molecule has 2 atom stereocenters. The first-order chi connectivity index (χ1) is 17.8. The van der Waals surface area contributed by atoms with Crippen LogP contribution in [-0.2, 0) is 19.1 Å². The van der Waals surface area contributed by atoms with Crippen LogP contribution in [-0.4, -0.2) is 25.2 Å². The van der Waals surface area contributed by atoms with Crippen molar-refractivity contribution in [3.8, 4) is 0 Å². The first-order valence-corrected chi connectivity index (χ1v) is 16.2. The molecule has 0 aromatic rings. The highest BCUT2D eigenvalue weighted by Gasteiger charge is 2.31. The van der Waals surface area contributed by atoms with Gasteiger partial charge >= 0.3 is 11.9 Å². The molecule has 0 saturated heterocycles. The van der Waals surface area contributed by atoms with Crippen molar-refractivity contribution in [2.75, 3.05) is 13.2 Å². The fourth-order valence-corrected chi connectivity index (χ4v) is 5.18. The van der Waals surface area contributed by atoms with Crippen molar-refractivity contribution in [2.45, 2.75) is 158 Å². The second-order valence-electron chi connectivity index (χ2n) is 14.5. The van der Waals surface area contributed by atoms with Gasteiger partial charge in [-0.2, -0.15) is 0 Å². The Bertz CT molecular complexity index is 578. The van der Waals surface area contributed by atoms with E-state index in [-0.39, 0.29) is 23.8 Å². The Hall–Kier alpha value is -1.06. The van der Waals surface area contributed by atoms with Gasteiger partial charge in [-0.15, -0.1) is 0 Å². The first kappa shape index (κ1) is 35.0. The van der Waals surface area contributed by atoms with Crippen LogP contribution in [0.15, 0.2) is 0 Å². The monoisotopic (exact) mass is 536 g/mol. The van der Waals surface area contributed by atoms with Gasteiger partial charge in [-0.1, -0.05) is 120 Å². The number of carbonyl (C=O) groups is 2. The third-order valence-corrected chi connectivity index (χ3v) is 9.40. The number of hydrogen-bond acceptors (Lipinski definition) is 4. The van der Waals surface area contributed by atoms with Crippen LogP contribution < -0.4 is 0 Å². The molecule has 1 aliphatic rings. The van der Waals surface area contributed by atoms with Crippen LogP contribution in [0.3, 0.4) is 0 Å². The summed E-state index contributed by atoms with van der Waals surface area (Å²) in [5.41, 5.74) is 0.802. The fraction of sp³-hybridized carbons (Fsp3) is 0.941. The van der Waals surface area contributed by atoms with Gasteiger partial charge in [0.15, 0.2) is 0 Å². The average molecular weight is 537 g/mol. The van der Waals surface area contributed by atoms with Crippen molar-refractivity contribution < 1.29 is 19.1 Å². The van der Waals surface area contributed by atoms with E-state index in [0.29, 0.717) is 24.0 Å². The van der Waals surface area contributed by atoms with Crippen LogP contribution in [0.25, 0.3) is 0 Å². The lowest BCUT2D eigenvalue weighted by atomic mass is 9.79. The summed E-state index contributed by atoms with van der Waals surface area (Å²) < 4.78 is 11.1. The van der Waals surface area contributed by atoms with Crippen LogP contribution in [0.5, 0.6) is 0 Å². The Morgan fingerprint density at radius 3 is 1.16 bits per heavy atom. The lowest BCUT2D eigenvalue weighted by molar-refractivity contribution is -0.155. The van der Waals surface area contributed by atoms with Gasteiger partial charge in [0, 0.05) is 0 Å². The van der Waals surface area contributed by atoms with Crippen molar-refractivity contribution in [3.05, 3.63) is 0 Å². The number of unbranched alkanes of at least 4 members (excludes halogenated alkanes) is 8. The van der Waals surface area contributed by atoms with E-state index in [1.165, 1.54) is 51.4 Å². The molecule has 224 valence electrons. The lowest BCUT2D eigenvalue weighted by Gasteiger charge is -2.27. The van der Waals surface area contributed by atoms with Gasteiger partial charge in [-0.05, 0) is 61.2 Å². The van der Waals surface area contributed by atoms with E-state index >= 15 is 0 Å². The molecule has 2 unspecified atom stereocenters. The maximum absolute atomic E-state index is 12.4. The molecule has 0 bridgehead atoms. The van der Waals surface area contributed by atoms with Gasteiger partial charge in [0.2, 0.25) is 0 Å². The molecular weight excluding hydrogens is 472 g/mol. The number of ether oxygens (including phenoxy) is 2. The molecule has 0 heterocycles. The molecule has 4 heteroatoms. The molecule has 1 fully saturated rings. The van der Waals surface area contributed by atoms with Crippen LogP contribution >= 0.6 is 0 Å². The van der Waals surface area contributed by atoms with E-state index < -0.39 is 0 Å². The quantitative estimate of drug-likeness (QED) is 0.129. The second-order valence-corrected chi connectivity index (χ2v) is 14.5. The summed E-state index contributed by atoms with van der Waals surface area (Å²) in [4.78, 5) is 24.9. The van der Waals surface area contributed by atoms with E-state index in [2.05, 4.69) is 55.4 Å². The third-order valence-electron chi connectivity index (χ3n) is 9.40. The van der Waals surface area contributed by atoms with E-state index in [4.69, 9.17) is 9.47 Å². The third kappa shape index (κ3) is 15.5. The van der Waals surface area contributed by atoms with Gasteiger partial charge in [0.25, 0.3) is 0 Å². The summed E-state index contributed by atoms with van der Waals surface area (Å²) in [6.45, 7) is 19.7. The number of carbonyl (C=O) groups excluding carboxylic acids is 2. The first-order valence-electron chi connectivity index (χ1n) is 16.2. The van der Waals surface area contributed by atoms with Crippen molar-refractivity contribution in [1.82, 2.24) is 0 Å². The number of hydrogen-bond donors (Lipinski definition) is 0. The van der Waals surface area contributed by atoms with E-state index in [9.17, 15) is 9.59 Å². The standard InChI is InChI=1S/C34H64O4/c1-27(33(3,4)5)19-15-11-9-13-17-25-37-31(35)29-21-23-30(24-22-29)32(36)38-26-18-14-10-12-16-20-28(2)34(6,7)8/h27-30H,9-26H2,1-8H3. The molecule has 0 spiro atoms. The lowest BCUT2D eigenvalue weighted by Crippen LogP contribution is -2.28. The Labute approximate surface area is 236 Å². The predicted molar refractivity (Wildman–Crippen MR) is 160 cm³/mol. The smallest absolute Gasteiger partial charge is 0.308 e. The zero-order valence-corrected chi connectivity index (χ0v) is 26.7. The van der Waals surface area contributed by atoms with E-state index in [0.717, 1.165) is 63.2 Å². The fourth-order valence-electron chi connectivity index (χ4n) is 5.18. The maximum Gasteiger partial charge on any atom is 0.308 e. The van der Waals surface area contributed by atoms with Crippen molar-refractivity contribution in [3.63, 3.8) is 0 Å². The van der Waals surface area contributed by atoms with Crippen LogP contribution in [0, 0.1) is 34.5 Å². The summed E-state index contributed by atoms with van der Waals surface area (Å²) in [6, 6.07) is 0. The molecule has 4 nitrogen and oxygen atoms in total. The van der Waals surface area contributed by atoms with Gasteiger partial charge < -0.3 is 9.47 Å². The average Bonchev–Trinajstić information content (AvgIpc) is 2.85. The van der Waals surface area contributed by atoms with Crippen molar-refractivity contribution in [1.29, 1.82) is 0 Å². The summed E-state index contributed by atoms with van der Waals surface area (Å²) in [7, 11) is 0. The van der Waals surface area contributed by atoms with E-state index in [1.807, 2.05) is 0 Å². The van der Waals surface area contributed by atoms with Gasteiger partial charge in [-0.3, -0.25) is 9.59 Å². The molecule has 0 radical (unpaired) electrons. The Kier molecular flexibility index (Phi) is 16.9. The van der Waals surface area contributed by atoms with Crippen LogP contribution in [0.4, 0.5) is 0 Å². The largest absolute Gasteiger partial charge is 0.465 e. The van der Waals surface area contributed by atoms with Gasteiger partial charge in [-0.25, -0.2) is 0 Å². The number of esters is 2. The Morgan fingerprint density at radius 2 is 0.842 bits per heavy atom. The predicted octanol–water partition coefficient (Wildman–Crippen LogP) is 9.92. The Morgan fingerprint density at radius 1 is 0.553 bits per heavy atom. The topological polar surface area (TPSA) is 52.6 Å². The highest BCUT2D eigenvalue weighted by Crippen LogP contribution is 2.32.